The zero-order chi connectivity index (χ0) is 23.8. The first-order valence-corrected chi connectivity index (χ1v) is 11.6. The van der Waals surface area contributed by atoms with Gasteiger partial charge in [-0.15, -0.1) is 0 Å². The first kappa shape index (κ1) is 24.5. The van der Waals surface area contributed by atoms with Crippen LogP contribution in [0.15, 0.2) is 54.6 Å². The summed E-state index contributed by atoms with van der Waals surface area (Å²) in [5, 5.41) is 0. The van der Waals surface area contributed by atoms with Crippen molar-refractivity contribution in [2.45, 2.75) is 59.0 Å². The first-order valence-electron chi connectivity index (χ1n) is 11.6. The summed E-state index contributed by atoms with van der Waals surface area (Å²) in [4.78, 5) is 36.7. The minimum Gasteiger partial charge on any atom is -0.462 e. The summed E-state index contributed by atoms with van der Waals surface area (Å²) in [6.45, 7) is 6.50. The number of ether oxygens (including phenoxy) is 3. The number of benzene rings is 2. The van der Waals surface area contributed by atoms with Crippen LogP contribution in [0.25, 0.3) is 0 Å². The number of esters is 3. The lowest BCUT2D eigenvalue weighted by molar-refractivity contribution is -0.157. The van der Waals surface area contributed by atoms with Crippen LogP contribution >= 0.6 is 0 Å². The molecule has 1 aliphatic rings. The van der Waals surface area contributed by atoms with Crippen LogP contribution in [-0.4, -0.2) is 24.0 Å². The predicted molar refractivity (Wildman–Crippen MR) is 124 cm³/mol. The van der Waals surface area contributed by atoms with Gasteiger partial charge < -0.3 is 14.2 Å². The Morgan fingerprint density at radius 2 is 1.48 bits per heavy atom. The quantitative estimate of drug-likeness (QED) is 0.383. The zero-order valence-corrected chi connectivity index (χ0v) is 19.5. The molecule has 1 aliphatic carbocycles. The average Bonchev–Trinajstić information content (AvgIpc) is 2.78. The highest BCUT2D eigenvalue weighted by atomic mass is 16.5. The fourth-order valence-corrected chi connectivity index (χ4v) is 4.18. The third kappa shape index (κ3) is 7.45. The number of para-hydroxylation sites is 1. The molecule has 0 spiro atoms. The van der Waals surface area contributed by atoms with E-state index in [-0.39, 0.29) is 24.9 Å². The fourth-order valence-electron chi connectivity index (χ4n) is 4.18. The number of hydrogen-bond acceptors (Lipinski definition) is 6. The molecule has 0 aromatic heterocycles. The van der Waals surface area contributed by atoms with Gasteiger partial charge >= 0.3 is 17.9 Å². The van der Waals surface area contributed by atoms with Gasteiger partial charge in [0.05, 0.1) is 18.4 Å². The Morgan fingerprint density at radius 1 is 0.848 bits per heavy atom. The Labute approximate surface area is 195 Å². The summed E-state index contributed by atoms with van der Waals surface area (Å²) < 4.78 is 16.3. The lowest BCUT2D eigenvalue weighted by Gasteiger charge is -2.36. The van der Waals surface area contributed by atoms with Gasteiger partial charge in [0, 0.05) is 0 Å². The van der Waals surface area contributed by atoms with Crippen molar-refractivity contribution in [2.75, 3.05) is 0 Å². The van der Waals surface area contributed by atoms with Crippen molar-refractivity contribution < 1.29 is 28.6 Å². The lowest BCUT2D eigenvalue weighted by Crippen LogP contribution is -2.36. The number of carbonyl (C=O) groups excluding carboxylic acids is 3. The van der Waals surface area contributed by atoms with E-state index in [0.717, 1.165) is 19.3 Å². The summed E-state index contributed by atoms with van der Waals surface area (Å²) in [5.74, 6) is 0.712. The molecule has 0 amide bonds. The summed E-state index contributed by atoms with van der Waals surface area (Å²) >= 11 is 0. The molecule has 0 saturated heterocycles. The summed E-state index contributed by atoms with van der Waals surface area (Å²) in [6.07, 6.45) is 2.93. The van der Waals surface area contributed by atoms with Crippen LogP contribution < -0.4 is 9.47 Å². The van der Waals surface area contributed by atoms with Gasteiger partial charge in [-0.1, -0.05) is 45.4 Å². The minimum absolute atomic E-state index is 0.0178. The monoisotopic (exact) mass is 452 g/mol. The van der Waals surface area contributed by atoms with Crippen LogP contribution in [0.5, 0.6) is 11.5 Å². The molecule has 3 atom stereocenters. The van der Waals surface area contributed by atoms with E-state index in [4.69, 9.17) is 14.2 Å². The molecule has 1 fully saturated rings. The Bertz CT molecular complexity index is 935. The Morgan fingerprint density at radius 3 is 2.15 bits per heavy atom. The summed E-state index contributed by atoms with van der Waals surface area (Å²) in [5.41, 5.74) is 0.337. The van der Waals surface area contributed by atoms with Crippen molar-refractivity contribution in [3.63, 3.8) is 0 Å². The molecular weight excluding hydrogens is 420 g/mol. The molecule has 6 heteroatoms. The fraction of sp³-hybridized carbons (Fsp3) is 0.444. The van der Waals surface area contributed by atoms with Gasteiger partial charge in [0.1, 0.15) is 17.6 Å². The van der Waals surface area contributed by atoms with E-state index in [1.54, 1.807) is 24.3 Å². The number of carbonyl (C=O) groups is 3. The molecule has 33 heavy (non-hydrogen) atoms. The SMILES string of the molecule is CC1CCC(C(C)C)C(OC(=O)CCC(=O)Oc2ccc(C(=O)Oc3ccccc3)cc2)C1. The third-order valence-electron chi connectivity index (χ3n) is 6.05. The van der Waals surface area contributed by atoms with Gasteiger partial charge in [0.15, 0.2) is 0 Å². The molecule has 2 aromatic rings. The van der Waals surface area contributed by atoms with Gasteiger partial charge in [0.2, 0.25) is 0 Å². The van der Waals surface area contributed by atoms with Gasteiger partial charge in [-0.3, -0.25) is 9.59 Å². The maximum atomic E-state index is 12.3. The largest absolute Gasteiger partial charge is 0.462 e. The van der Waals surface area contributed by atoms with Crippen LogP contribution in [-0.2, 0) is 14.3 Å². The summed E-state index contributed by atoms with van der Waals surface area (Å²) in [7, 11) is 0. The average molecular weight is 453 g/mol. The first-order chi connectivity index (χ1) is 15.8. The zero-order valence-electron chi connectivity index (χ0n) is 19.5. The topological polar surface area (TPSA) is 78.9 Å². The van der Waals surface area contributed by atoms with Crippen molar-refractivity contribution in [2.24, 2.45) is 17.8 Å². The van der Waals surface area contributed by atoms with Crippen LogP contribution in [0, 0.1) is 17.8 Å². The second-order valence-corrected chi connectivity index (χ2v) is 9.06. The maximum Gasteiger partial charge on any atom is 0.343 e. The summed E-state index contributed by atoms with van der Waals surface area (Å²) in [6, 6.07) is 14.9. The van der Waals surface area contributed by atoms with E-state index in [0.29, 0.717) is 34.8 Å². The smallest absolute Gasteiger partial charge is 0.343 e. The van der Waals surface area contributed by atoms with Crippen molar-refractivity contribution in [1.29, 1.82) is 0 Å². The molecule has 3 rings (SSSR count). The van der Waals surface area contributed by atoms with Crippen molar-refractivity contribution >= 4 is 17.9 Å². The van der Waals surface area contributed by atoms with Crippen LogP contribution in [0.4, 0.5) is 0 Å². The van der Waals surface area contributed by atoms with Crippen molar-refractivity contribution in [3.05, 3.63) is 60.2 Å². The van der Waals surface area contributed by atoms with Gasteiger partial charge in [0.25, 0.3) is 0 Å². The maximum absolute atomic E-state index is 12.3. The normalized spacial score (nSPS) is 20.2. The highest BCUT2D eigenvalue weighted by Gasteiger charge is 2.33. The van der Waals surface area contributed by atoms with Crippen molar-refractivity contribution in [1.82, 2.24) is 0 Å². The van der Waals surface area contributed by atoms with Gasteiger partial charge in [-0.05, 0) is 67.0 Å². The van der Waals surface area contributed by atoms with Gasteiger partial charge in [-0.25, -0.2) is 4.79 Å². The Kier molecular flexibility index (Phi) is 8.64. The van der Waals surface area contributed by atoms with Crippen LogP contribution in [0.2, 0.25) is 0 Å². The molecule has 6 nitrogen and oxygen atoms in total. The highest BCUT2D eigenvalue weighted by Crippen LogP contribution is 2.35. The highest BCUT2D eigenvalue weighted by molar-refractivity contribution is 5.91. The molecule has 0 bridgehead atoms. The van der Waals surface area contributed by atoms with E-state index >= 15 is 0 Å². The van der Waals surface area contributed by atoms with E-state index in [9.17, 15) is 14.4 Å². The molecule has 1 saturated carbocycles. The van der Waals surface area contributed by atoms with Crippen LogP contribution in [0.3, 0.4) is 0 Å². The molecular formula is C27H32O6. The van der Waals surface area contributed by atoms with E-state index < -0.39 is 11.9 Å². The molecule has 0 N–H and O–H groups in total. The molecule has 0 aliphatic heterocycles. The Hall–Kier alpha value is -3.15. The Balaban J connectivity index is 1.44. The van der Waals surface area contributed by atoms with Crippen molar-refractivity contribution in [3.8, 4) is 11.5 Å². The predicted octanol–water partition coefficient (Wildman–Crippen LogP) is 5.60. The van der Waals surface area contributed by atoms with E-state index in [2.05, 4.69) is 20.8 Å². The van der Waals surface area contributed by atoms with Crippen LogP contribution in [0.1, 0.15) is 63.2 Å². The molecule has 0 radical (unpaired) electrons. The van der Waals surface area contributed by atoms with Gasteiger partial charge in [-0.2, -0.15) is 0 Å². The minimum atomic E-state index is -0.524. The third-order valence-corrected chi connectivity index (χ3v) is 6.05. The lowest BCUT2D eigenvalue weighted by atomic mass is 9.75. The second-order valence-electron chi connectivity index (χ2n) is 9.06. The molecule has 3 unspecified atom stereocenters. The number of hydrogen-bond donors (Lipinski definition) is 0. The van der Waals surface area contributed by atoms with E-state index in [1.165, 1.54) is 24.3 Å². The second kappa shape index (κ2) is 11.6. The molecule has 176 valence electrons. The molecule has 2 aromatic carbocycles. The standard InChI is InChI=1S/C27H32O6/c1-18(2)23-14-9-19(3)17-24(23)33-26(29)16-15-25(28)31-22-12-10-20(11-13-22)27(30)32-21-7-5-4-6-8-21/h4-8,10-13,18-19,23-24H,9,14-17H2,1-3H3. The van der Waals surface area contributed by atoms with E-state index in [1.807, 2.05) is 6.07 Å². The molecule has 0 heterocycles. The number of rotatable bonds is 8.